The number of fused-ring (bicyclic) bond motifs is 1. The van der Waals surface area contributed by atoms with Gasteiger partial charge in [-0.3, -0.25) is 4.90 Å². The van der Waals surface area contributed by atoms with E-state index in [1.165, 1.54) is 16.8 Å². The SMILES string of the molecule is CCOCCN(CC)Cc1cccc2c1NCC2. The third-order valence-corrected chi connectivity index (χ3v) is 3.53. The summed E-state index contributed by atoms with van der Waals surface area (Å²) in [5.41, 5.74) is 4.25. The van der Waals surface area contributed by atoms with Crippen LogP contribution in [0.1, 0.15) is 25.0 Å². The van der Waals surface area contributed by atoms with Gasteiger partial charge in [0.05, 0.1) is 6.61 Å². The van der Waals surface area contributed by atoms with Crippen molar-refractivity contribution in [3.63, 3.8) is 0 Å². The van der Waals surface area contributed by atoms with Crippen LogP contribution in [0.15, 0.2) is 18.2 Å². The van der Waals surface area contributed by atoms with Crippen LogP contribution in [-0.2, 0) is 17.7 Å². The van der Waals surface area contributed by atoms with E-state index in [2.05, 4.69) is 35.3 Å². The van der Waals surface area contributed by atoms with E-state index in [0.717, 1.165) is 45.8 Å². The van der Waals surface area contributed by atoms with E-state index < -0.39 is 0 Å². The highest BCUT2D eigenvalue weighted by Gasteiger charge is 2.15. The van der Waals surface area contributed by atoms with Crippen LogP contribution in [0, 0.1) is 0 Å². The van der Waals surface area contributed by atoms with Crippen molar-refractivity contribution >= 4 is 5.69 Å². The molecular formula is C15H24N2O. The molecule has 0 unspecified atom stereocenters. The van der Waals surface area contributed by atoms with Gasteiger partial charge in [0.25, 0.3) is 0 Å². The third-order valence-electron chi connectivity index (χ3n) is 3.53. The van der Waals surface area contributed by atoms with E-state index in [0.29, 0.717) is 0 Å². The molecule has 0 fully saturated rings. The molecule has 3 heteroatoms. The first-order chi connectivity index (χ1) is 8.85. The van der Waals surface area contributed by atoms with Crippen LogP contribution in [-0.4, -0.2) is 37.7 Å². The summed E-state index contributed by atoms with van der Waals surface area (Å²) in [6, 6.07) is 6.65. The number of ether oxygens (including phenoxy) is 1. The molecule has 0 aromatic heterocycles. The lowest BCUT2D eigenvalue weighted by Crippen LogP contribution is -2.27. The van der Waals surface area contributed by atoms with Crippen LogP contribution >= 0.6 is 0 Å². The highest BCUT2D eigenvalue weighted by molar-refractivity contribution is 5.61. The Morgan fingerprint density at radius 2 is 2.22 bits per heavy atom. The fourth-order valence-electron chi connectivity index (χ4n) is 2.47. The van der Waals surface area contributed by atoms with Crippen molar-refractivity contribution in [1.29, 1.82) is 0 Å². The summed E-state index contributed by atoms with van der Waals surface area (Å²) in [4.78, 5) is 2.44. The number of anilines is 1. The van der Waals surface area contributed by atoms with Crippen molar-refractivity contribution in [2.24, 2.45) is 0 Å². The molecule has 1 aromatic rings. The van der Waals surface area contributed by atoms with E-state index in [9.17, 15) is 0 Å². The number of para-hydroxylation sites is 1. The maximum absolute atomic E-state index is 5.44. The van der Waals surface area contributed by atoms with Gasteiger partial charge in [0.15, 0.2) is 0 Å². The van der Waals surface area contributed by atoms with Gasteiger partial charge in [-0.15, -0.1) is 0 Å². The first-order valence-corrected chi connectivity index (χ1v) is 6.99. The predicted molar refractivity (Wildman–Crippen MR) is 76.1 cm³/mol. The Hall–Kier alpha value is -1.06. The van der Waals surface area contributed by atoms with E-state index in [1.54, 1.807) is 0 Å². The zero-order valence-electron chi connectivity index (χ0n) is 11.5. The van der Waals surface area contributed by atoms with E-state index in [1.807, 2.05) is 6.92 Å². The molecule has 1 N–H and O–H groups in total. The molecule has 0 atom stereocenters. The fourth-order valence-corrected chi connectivity index (χ4v) is 2.47. The summed E-state index contributed by atoms with van der Waals surface area (Å²) >= 11 is 0. The van der Waals surface area contributed by atoms with Crippen molar-refractivity contribution in [3.05, 3.63) is 29.3 Å². The number of nitrogens with zero attached hydrogens (tertiary/aromatic N) is 1. The highest BCUT2D eigenvalue weighted by Crippen LogP contribution is 2.27. The summed E-state index contributed by atoms with van der Waals surface area (Å²) in [6.45, 7) is 10.1. The average Bonchev–Trinajstić information content (AvgIpc) is 2.87. The maximum Gasteiger partial charge on any atom is 0.0593 e. The normalized spacial score (nSPS) is 13.7. The van der Waals surface area contributed by atoms with Gasteiger partial charge in [-0.05, 0) is 31.0 Å². The van der Waals surface area contributed by atoms with Crippen LogP contribution in [0.4, 0.5) is 5.69 Å². The summed E-state index contributed by atoms with van der Waals surface area (Å²) in [6.07, 6.45) is 1.16. The molecule has 3 nitrogen and oxygen atoms in total. The van der Waals surface area contributed by atoms with Crippen molar-refractivity contribution in [3.8, 4) is 0 Å². The summed E-state index contributed by atoms with van der Waals surface area (Å²) in [7, 11) is 0. The van der Waals surface area contributed by atoms with Crippen LogP contribution in [0.2, 0.25) is 0 Å². The summed E-state index contributed by atoms with van der Waals surface area (Å²) < 4.78 is 5.44. The highest BCUT2D eigenvalue weighted by atomic mass is 16.5. The number of benzene rings is 1. The Morgan fingerprint density at radius 1 is 1.33 bits per heavy atom. The van der Waals surface area contributed by atoms with Crippen LogP contribution in [0.25, 0.3) is 0 Å². The Kier molecular flexibility index (Phi) is 5.02. The number of rotatable bonds is 7. The molecule has 0 bridgehead atoms. The molecule has 0 saturated carbocycles. The number of hydrogen-bond acceptors (Lipinski definition) is 3. The van der Waals surface area contributed by atoms with Gasteiger partial charge in [-0.1, -0.05) is 25.1 Å². The molecule has 0 amide bonds. The van der Waals surface area contributed by atoms with Crippen molar-refractivity contribution in [2.75, 3.05) is 38.2 Å². The number of nitrogens with one attached hydrogen (secondary N) is 1. The Bertz CT molecular complexity index is 379. The quantitative estimate of drug-likeness (QED) is 0.750. The van der Waals surface area contributed by atoms with Gasteiger partial charge in [0.1, 0.15) is 0 Å². The zero-order valence-corrected chi connectivity index (χ0v) is 11.5. The molecule has 0 radical (unpaired) electrons. The van der Waals surface area contributed by atoms with Gasteiger partial charge < -0.3 is 10.1 Å². The lowest BCUT2D eigenvalue weighted by molar-refractivity contribution is 0.113. The minimum atomic E-state index is 0.805. The Morgan fingerprint density at radius 3 is 3.00 bits per heavy atom. The molecule has 1 aliphatic heterocycles. The monoisotopic (exact) mass is 248 g/mol. The molecule has 1 aromatic carbocycles. The van der Waals surface area contributed by atoms with Gasteiger partial charge in [-0.2, -0.15) is 0 Å². The van der Waals surface area contributed by atoms with E-state index >= 15 is 0 Å². The second kappa shape index (κ2) is 6.76. The van der Waals surface area contributed by atoms with Crippen molar-refractivity contribution in [1.82, 2.24) is 4.90 Å². The molecule has 1 heterocycles. The van der Waals surface area contributed by atoms with Gasteiger partial charge in [-0.25, -0.2) is 0 Å². The molecule has 2 rings (SSSR count). The molecule has 0 saturated heterocycles. The minimum Gasteiger partial charge on any atom is -0.384 e. The molecule has 100 valence electrons. The van der Waals surface area contributed by atoms with Gasteiger partial charge >= 0.3 is 0 Å². The first-order valence-electron chi connectivity index (χ1n) is 6.99. The Balaban J connectivity index is 1.97. The predicted octanol–water partition coefficient (Wildman–Crippen LogP) is 2.51. The van der Waals surface area contributed by atoms with E-state index in [4.69, 9.17) is 4.74 Å². The summed E-state index contributed by atoms with van der Waals surface area (Å²) in [5, 5.41) is 3.51. The van der Waals surface area contributed by atoms with Gasteiger partial charge in [0.2, 0.25) is 0 Å². The standard InChI is InChI=1S/C15H24N2O/c1-3-17(10-11-18-4-2)12-14-7-5-6-13-8-9-16-15(13)14/h5-7,16H,3-4,8-12H2,1-2H3. The third kappa shape index (κ3) is 3.24. The minimum absolute atomic E-state index is 0.805. The number of hydrogen-bond donors (Lipinski definition) is 1. The molecule has 0 aliphatic carbocycles. The smallest absolute Gasteiger partial charge is 0.0593 e. The largest absolute Gasteiger partial charge is 0.384 e. The first kappa shape index (κ1) is 13.4. The molecular weight excluding hydrogens is 224 g/mol. The van der Waals surface area contributed by atoms with Crippen LogP contribution < -0.4 is 5.32 Å². The fraction of sp³-hybridized carbons (Fsp3) is 0.600. The Labute approximate surface area is 110 Å². The zero-order chi connectivity index (χ0) is 12.8. The number of likely N-dealkylation sites (N-methyl/N-ethyl adjacent to an activating group) is 1. The van der Waals surface area contributed by atoms with Crippen molar-refractivity contribution < 1.29 is 4.74 Å². The van der Waals surface area contributed by atoms with Crippen LogP contribution in [0.3, 0.4) is 0 Å². The lowest BCUT2D eigenvalue weighted by Gasteiger charge is -2.21. The van der Waals surface area contributed by atoms with Gasteiger partial charge in [0, 0.05) is 31.9 Å². The average molecular weight is 248 g/mol. The topological polar surface area (TPSA) is 24.5 Å². The molecule has 18 heavy (non-hydrogen) atoms. The molecule has 1 aliphatic rings. The van der Waals surface area contributed by atoms with Crippen molar-refractivity contribution in [2.45, 2.75) is 26.8 Å². The van der Waals surface area contributed by atoms with Crippen LogP contribution in [0.5, 0.6) is 0 Å². The lowest BCUT2D eigenvalue weighted by atomic mass is 10.1. The second-order valence-electron chi connectivity index (χ2n) is 4.69. The van der Waals surface area contributed by atoms with E-state index in [-0.39, 0.29) is 0 Å². The summed E-state index contributed by atoms with van der Waals surface area (Å²) in [5.74, 6) is 0. The molecule has 0 spiro atoms. The second-order valence-corrected chi connectivity index (χ2v) is 4.69. The maximum atomic E-state index is 5.44.